The Hall–Kier alpha value is -2.49. The fourth-order valence-corrected chi connectivity index (χ4v) is 3.20. The molecule has 2 aromatic carbocycles. The zero-order chi connectivity index (χ0) is 16.2. The van der Waals surface area contributed by atoms with Gasteiger partial charge in [-0.05, 0) is 72.6 Å². The van der Waals surface area contributed by atoms with Gasteiger partial charge in [0.15, 0.2) is 6.61 Å². The second-order valence-corrected chi connectivity index (χ2v) is 5.88. The molecular weight excluding hydrogens is 292 g/mol. The molecule has 0 saturated carbocycles. The van der Waals surface area contributed by atoms with Crippen LogP contribution >= 0.6 is 0 Å². The van der Waals surface area contributed by atoms with Gasteiger partial charge in [0.05, 0.1) is 0 Å². The Labute approximate surface area is 135 Å². The van der Waals surface area contributed by atoms with Crippen LogP contribution in [0.1, 0.15) is 28.7 Å². The van der Waals surface area contributed by atoms with Crippen molar-refractivity contribution in [2.24, 2.45) is 0 Å². The van der Waals surface area contributed by atoms with Gasteiger partial charge in [-0.25, -0.2) is 4.79 Å². The Bertz CT molecular complexity index is 704. The molecule has 1 aliphatic carbocycles. The van der Waals surface area contributed by atoms with Gasteiger partial charge in [0, 0.05) is 0 Å². The molecule has 0 heterocycles. The number of ether oxygens (including phenoxy) is 1. The average Bonchev–Trinajstić information content (AvgIpc) is 3.02. The van der Waals surface area contributed by atoms with Gasteiger partial charge in [-0.2, -0.15) is 0 Å². The largest absolute Gasteiger partial charge is 0.508 e. The molecular formula is C19H20O4. The maximum Gasteiger partial charge on any atom is 0.341 e. The van der Waals surface area contributed by atoms with Crippen molar-refractivity contribution in [1.29, 1.82) is 0 Å². The average molecular weight is 312 g/mol. The van der Waals surface area contributed by atoms with Gasteiger partial charge in [-0.3, -0.25) is 0 Å². The number of phenols is 1. The van der Waals surface area contributed by atoms with E-state index in [2.05, 4.69) is 6.07 Å². The molecule has 1 aliphatic rings. The highest BCUT2D eigenvalue weighted by Crippen LogP contribution is 2.34. The molecule has 4 heteroatoms. The zero-order valence-electron chi connectivity index (χ0n) is 12.9. The summed E-state index contributed by atoms with van der Waals surface area (Å²) in [6, 6.07) is 11.3. The van der Waals surface area contributed by atoms with Gasteiger partial charge in [0.25, 0.3) is 0 Å². The minimum atomic E-state index is -0.951. The summed E-state index contributed by atoms with van der Waals surface area (Å²) in [4.78, 5) is 10.7. The van der Waals surface area contributed by atoms with Crippen molar-refractivity contribution >= 4 is 5.97 Å². The number of hydrogen-bond donors (Lipinski definition) is 2. The van der Waals surface area contributed by atoms with Crippen LogP contribution in [0.4, 0.5) is 0 Å². The van der Waals surface area contributed by atoms with E-state index in [0.717, 1.165) is 32.1 Å². The monoisotopic (exact) mass is 312 g/mol. The van der Waals surface area contributed by atoms with Gasteiger partial charge < -0.3 is 14.9 Å². The summed E-state index contributed by atoms with van der Waals surface area (Å²) in [6.07, 6.45) is 4.94. The van der Waals surface area contributed by atoms with E-state index in [0.29, 0.717) is 5.75 Å². The van der Waals surface area contributed by atoms with Crippen LogP contribution in [0.15, 0.2) is 36.4 Å². The molecule has 3 rings (SSSR count). The van der Waals surface area contributed by atoms with E-state index in [-0.39, 0.29) is 12.4 Å². The third-order valence-corrected chi connectivity index (χ3v) is 4.31. The fraction of sp³-hybridized carbons (Fsp3) is 0.316. The number of carbonyl (C=O) groups is 1. The second-order valence-electron chi connectivity index (χ2n) is 5.88. The maximum atomic E-state index is 10.7. The third-order valence-electron chi connectivity index (χ3n) is 4.31. The van der Waals surface area contributed by atoms with Crippen molar-refractivity contribution < 1.29 is 19.7 Å². The first-order valence-electron chi connectivity index (χ1n) is 7.89. The summed E-state index contributed by atoms with van der Waals surface area (Å²) in [5.74, 6) is 0.0519. The van der Waals surface area contributed by atoms with E-state index in [4.69, 9.17) is 9.84 Å². The Balaban J connectivity index is 1.74. The first-order chi connectivity index (χ1) is 11.1. The van der Waals surface area contributed by atoms with Crippen molar-refractivity contribution in [2.75, 3.05) is 6.61 Å². The lowest BCUT2D eigenvalue weighted by Gasteiger charge is -2.13. The predicted molar refractivity (Wildman–Crippen MR) is 87.1 cm³/mol. The van der Waals surface area contributed by atoms with E-state index in [9.17, 15) is 9.90 Å². The molecule has 0 radical (unpaired) electrons. The number of aryl methyl sites for hydroxylation is 2. The molecule has 0 unspecified atom stereocenters. The van der Waals surface area contributed by atoms with Gasteiger partial charge in [0.1, 0.15) is 11.5 Å². The van der Waals surface area contributed by atoms with E-state index >= 15 is 0 Å². The minimum absolute atomic E-state index is 0.287. The standard InChI is InChI=1S/C19H20O4/c20-15-9-5-13(6-10-15)4-7-14-8-11-18(23-12-19(21)22)17-3-1-2-16(14)17/h5-6,8-11,20H,1-4,7,12H2,(H,21,22). The summed E-state index contributed by atoms with van der Waals surface area (Å²) >= 11 is 0. The topological polar surface area (TPSA) is 66.8 Å². The molecule has 0 aromatic heterocycles. The molecule has 23 heavy (non-hydrogen) atoms. The van der Waals surface area contributed by atoms with E-state index in [1.807, 2.05) is 18.2 Å². The van der Waals surface area contributed by atoms with E-state index < -0.39 is 5.97 Å². The fourth-order valence-electron chi connectivity index (χ4n) is 3.20. The highest BCUT2D eigenvalue weighted by Gasteiger charge is 2.19. The van der Waals surface area contributed by atoms with Gasteiger partial charge >= 0.3 is 5.97 Å². The molecule has 2 N–H and O–H groups in total. The number of rotatable bonds is 6. The van der Waals surface area contributed by atoms with Crippen LogP contribution in [-0.4, -0.2) is 22.8 Å². The number of aliphatic carboxylic acids is 1. The van der Waals surface area contributed by atoms with Crippen molar-refractivity contribution in [3.63, 3.8) is 0 Å². The van der Waals surface area contributed by atoms with Crippen LogP contribution in [0.25, 0.3) is 0 Å². The third kappa shape index (κ3) is 3.65. The number of phenolic OH excluding ortho intramolecular Hbond substituents is 1. The molecule has 120 valence electrons. The summed E-state index contributed by atoms with van der Waals surface area (Å²) in [5, 5.41) is 18.1. The van der Waals surface area contributed by atoms with Gasteiger partial charge in [-0.1, -0.05) is 18.2 Å². The van der Waals surface area contributed by atoms with Crippen molar-refractivity contribution in [2.45, 2.75) is 32.1 Å². The summed E-state index contributed by atoms with van der Waals surface area (Å²) in [5.41, 5.74) is 5.01. The molecule has 0 saturated heterocycles. The van der Waals surface area contributed by atoms with Crippen LogP contribution in [0.5, 0.6) is 11.5 Å². The number of aromatic hydroxyl groups is 1. The van der Waals surface area contributed by atoms with Gasteiger partial charge in [-0.15, -0.1) is 0 Å². The van der Waals surface area contributed by atoms with Crippen molar-refractivity contribution in [3.8, 4) is 11.5 Å². The summed E-state index contributed by atoms with van der Waals surface area (Å²) in [7, 11) is 0. The smallest absolute Gasteiger partial charge is 0.341 e. The summed E-state index contributed by atoms with van der Waals surface area (Å²) < 4.78 is 5.41. The molecule has 0 spiro atoms. The van der Waals surface area contributed by atoms with Gasteiger partial charge in [0.2, 0.25) is 0 Å². The second kappa shape index (κ2) is 6.73. The van der Waals surface area contributed by atoms with Crippen molar-refractivity contribution in [1.82, 2.24) is 0 Å². The van der Waals surface area contributed by atoms with Crippen LogP contribution in [0.3, 0.4) is 0 Å². The van der Waals surface area contributed by atoms with Crippen LogP contribution in [0.2, 0.25) is 0 Å². The molecule has 4 nitrogen and oxygen atoms in total. The number of benzene rings is 2. The van der Waals surface area contributed by atoms with Crippen molar-refractivity contribution in [3.05, 3.63) is 58.7 Å². The number of carboxylic acid groups (broad SMARTS) is 1. The lowest BCUT2D eigenvalue weighted by molar-refractivity contribution is -0.139. The zero-order valence-corrected chi connectivity index (χ0v) is 12.9. The number of fused-ring (bicyclic) bond motifs is 1. The van der Waals surface area contributed by atoms with Crippen LogP contribution < -0.4 is 4.74 Å². The lowest BCUT2D eigenvalue weighted by Crippen LogP contribution is -2.11. The minimum Gasteiger partial charge on any atom is -0.508 e. The Morgan fingerprint density at radius 2 is 1.74 bits per heavy atom. The molecule has 0 amide bonds. The molecule has 2 aromatic rings. The Morgan fingerprint density at radius 1 is 1.00 bits per heavy atom. The number of hydrogen-bond acceptors (Lipinski definition) is 3. The quantitative estimate of drug-likeness (QED) is 0.860. The first-order valence-corrected chi connectivity index (χ1v) is 7.89. The lowest BCUT2D eigenvalue weighted by atomic mass is 9.96. The summed E-state index contributed by atoms with van der Waals surface area (Å²) in [6.45, 7) is -0.292. The molecule has 0 aliphatic heterocycles. The maximum absolute atomic E-state index is 10.7. The van der Waals surface area contributed by atoms with E-state index in [1.165, 1.54) is 22.3 Å². The van der Waals surface area contributed by atoms with Crippen LogP contribution in [0, 0.1) is 0 Å². The first kappa shape index (κ1) is 15.4. The Kier molecular flexibility index (Phi) is 4.51. The Morgan fingerprint density at radius 3 is 2.48 bits per heavy atom. The molecule has 0 atom stereocenters. The molecule has 0 bridgehead atoms. The van der Waals surface area contributed by atoms with E-state index in [1.54, 1.807) is 12.1 Å². The van der Waals surface area contributed by atoms with Crippen LogP contribution in [-0.2, 0) is 30.5 Å². The highest BCUT2D eigenvalue weighted by molar-refractivity contribution is 5.68. The highest BCUT2D eigenvalue weighted by atomic mass is 16.5. The SMILES string of the molecule is O=C(O)COc1ccc(CCc2ccc(O)cc2)c2c1CCC2. The predicted octanol–water partition coefficient (Wildman–Crippen LogP) is 3.13. The number of carboxylic acids is 1. The molecule has 0 fully saturated rings. The normalized spacial score (nSPS) is 12.9.